The molecule has 0 amide bonds. The first-order chi connectivity index (χ1) is 7.94. The van der Waals surface area contributed by atoms with Gasteiger partial charge in [0.1, 0.15) is 6.61 Å². The monoisotopic (exact) mass is 244 g/mol. The van der Waals surface area contributed by atoms with Crippen molar-refractivity contribution in [2.75, 3.05) is 13.7 Å². The minimum Gasteiger partial charge on any atom is -0.463 e. The van der Waals surface area contributed by atoms with E-state index in [4.69, 9.17) is 9.47 Å². The van der Waals surface area contributed by atoms with Gasteiger partial charge in [-0.25, -0.2) is 0 Å². The molecule has 0 N–H and O–H groups in total. The van der Waals surface area contributed by atoms with Crippen LogP contribution in [0.3, 0.4) is 0 Å². The molecular formula is C14H28O3. The maximum absolute atomic E-state index is 11.9. The predicted molar refractivity (Wildman–Crippen MR) is 70.0 cm³/mol. The molecule has 0 fully saturated rings. The van der Waals surface area contributed by atoms with Crippen molar-refractivity contribution in [3.05, 3.63) is 0 Å². The lowest BCUT2D eigenvalue weighted by molar-refractivity contribution is -0.157. The van der Waals surface area contributed by atoms with Gasteiger partial charge in [-0.3, -0.25) is 4.79 Å². The molecule has 3 heteroatoms. The Morgan fingerprint density at radius 2 is 1.88 bits per heavy atom. The quantitative estimate of drug-likeness (QED) is 0.459. The maximum Gasteiger partial charge on any atom is 0.311 e. The smallest absolute Gasteiger partial charge is 0.311 e. The number of carbonyl (C=O) groups excluding carboxylic acids is 1. The van der Waals surface area contributed by atoms with Gasteiger partial charge in [-0.15, -0.1) is 0 Å². The standard InChI is InChI=1S/C14H28O3/c1-6-7-8-9-10-14(3,4)13(15)17-11-12(2)16-5/h12H,6-11H2,1-5H3. The Balaban J connectivity index is 3.89. The fourth-order valence-electron chi connectivity index (χ4n) is 1.55. The van der Waals surface area contributed by atoms with Crippen molar-refractivity contribution >= 4 is 5.97 Å². The lowest BCUT2D eigenvalue weighted by Gasteiger charge is -2.23. The van der Waals surface area contributed by atoms with E-state index in [-0.39, 0.29) is 17.5 Å². The van der Waals surface area contributed by atoms with Crippen molar-refractivity contribution in [1.29, 1.82) is 0 Å². The Morgan fingerprint density at radius 1 is 1.24 bits per heavy atom. The van der Waals surface area contributed by atoms with Crippen LogP contribution in [0.2, 0.25) is 0 Å². The fraction of sp³-hybridized carbons (Fsp3) is 0.929. The fourth-order valence-corrected chi connectivity index (χ4v) is 1.55. The molecule has 0 radical (unpaired) electrons. The molecule has 102 valence electrons. The van der Waals surface area contributed by atoms with Crippen LogP contribution in [0.4, 0.5) is 0 Å². The zero-order chi connectivity index (χ0) is 13.3. The Labute approximate surface area is 106 Å². The van der Waals surface area contributed by atoms with E-state index in [1.165, 1.54) is 19.3 Å². The van der Waals surface area contributed by atoms with Crippen molar-refractivity contribution in [2.45, 2.75) is 65.9 Å². The second kappa shape index (κ2) is 8.51. The van der Waals surface area contributed by atoms with Gasteiger partial charge in [-0.1, -0.05) is 32.6 Å². The van der Waals surface area contributed by atoms with Crippen molar-refractivity contribution in [1.82, 2.24) is 0 Å². The molecule has 0 heterocycles. The molecule has 0 rings (SSSR count). The van der Waals surface area contributed by atoms with Gasteiger partial charge in [0.2, 0.25) is 0 Å². The van der Waals surface area contributed by atoms with Crippen LogP contribution >= 0.6 is 0 Å². The van der Waals surface area contributed by atoms with Gasteiger partial charge < -0.3 is 9.47 Å². The van der Waals surface area contributed by atoms with Crippen molar-refractivity contribution in [2.24, 2.45) is 5.41 Å². The molecule has 17 heavy (non-hydrogen) atoms. The number of hydrogen-bond donors (Lipinski definition) is 0. The molecule has 0 aliphatic rings. The largest absolute Gasteiger partial charge is 0.463 e. The Kier molecular flexibility index (Phi) is 8.23. The van der Waals surface area contributed by atoms with E-state index < -0.39 is 0 Å². The second-order valence-electron chi connectivity index (χ2n) is 5.34. The first kappa shape index (κ1) is 16.4. The summed E-state index contributed by atoms with van der Waals surface area (Å²) in [5.41, 5.74) is -0.374. The van der Waals surface area contributed by atoms with Gasteiger partial charge in [-0.05, 0) is 27.2 Å². The third-order valence-corrected chi connectivity index (χ3v) is 3.06. The van der Waals surface area contributed by atoms with E-state index >= 15 is 0 Å². The van der Waals surface area contributed by atoms with Gasteiger partial charge in [0, 0.05) is 7.11 Å². The number of rotatable bonds is 9. The maximum atomic E-state index is 11.9. The van der Waals surface area contributed by atoms with E-state index in [0.717, 1.165) is 12.8 Å². The molecule has 1 unspecified atom stereocenters. The third-order valence-electron chi connectivity index (χ3n) is 3.06. The molecule has 0 spiro atoms. The molecule has 1 atom stereocenters. The van der Waals surface area contributed by atoms with E-state index in [1.807, 2.05) is 20.8 Å². The van der Waals surface area contributed by atoms with E-state index in [2.05, 4.69) is 6.92 Å². The number of esters is 1. The highest BCUT2D eigenvalue weighted by molar-refractivity contribution is 5.75. The van der Waals surface area contributed by atoms with Crippen LogP contribution in [0.25, 0.3) is 0 Å². The Hall–Kier alpha value is -0.570. The first-order valence-corrected chi connectivity index (χ1v) is 6.64. The summed E-state index contributed by atoms with van der Waals surface area (Å²) in [4.78, 5) is 11.9. The minimum atomic E-state index is -0.374. The summed E-state index contributed by atoms with van der Waals surface area (Å²) in [6, 6.07) is 0. The van der Waals surface area contributed by atoms with Crippen LogP contribution in [0.15, 0.2) is 0 Å². The summed E-state index contributed by atoms with van der Waals surface area (Å²) in [5, 5.41) is 0. The molecule has 0 aromatic rings. The third kappa shape index (κ3) is 7.37. The zero-order valence-corrected chi connectivity index (χ0v) is 12.0. The average Bonchev–Trinajstić information content (AvgIpc) is 2.31. The summed E-state index contributed by atoms with van der Waals surface area (Å²) < 4.78 is 10.3. The van der Waals surface area contributed by atoms with Crippen LogP contribution < -0.4 is 0 Å². The van der Waals surface area contributed by atoms with Crippen LogP contribution in [0.1, 0.15) is 59.8 Å². The Bertz CT molecular complexity index is 212. The molecule has 3 nitrogen and oxygen atoms in total. The van der Waals surface area contributed by atoms with Gasteiger partial charge in [0.15, 0.2) is 0 Å². The van der Waals surface area contributed by atoms with Crippen LogP contribution in [0, 0.1) is 5.41 Å². The van der Waals surface area contributed by atoms with Crippen LogP contribution in [-0.4, -0.2) is 25.8 Å². The summed E-state index contributed by atoms with van der Waals surface area (Å²) in [7, 11) is 1.62. The molecule has 0 aromatic carbocycles. The molecule has 0 saturated carbocycles. The van der Waals surface area contributed by atoms with Crippen molar-refractivity contribution < 1.29 is 14.3 Å². The summed E-state index contributed by atoms with van der Waals surface area (Å²) in [5.74, 6) is -0.113. The van der Waals surface area contributed by atoms with Gasteiger partial charge in [0.05, 0.1) is 11.5 Å². The molecule has 0 aromatic heterocycles. The van der Waals surface area contributed by atoms with E-state index in [9.17, 15) is 4.79 Å². The van der Waals surface area contributed by atoms with Crippen LogP contribution in [0.5, 0.6) is 0 Å². The number of ether oxygens (including phenoxy) is 2. The number of hydrogen-bond acceptors (Lipinski definition) is 3. The summed E-state index contributed by atoms with van der Waals surface area (Å²) >= 11 is 0. The first-order valence-electron chi connectivity index (χ1n) is 6.64. The molecular weight excluding hydrogens is 216 g/mol. The second-order valence-corrected chi connectivity index (χ2v) is 5.34. The number of carbonyl (C=O) groups is 1. The van der Waals surface area contributed by atoms with Crippen molar-refractivity contribution in [3.8, 4) is 0 Å². The van der Waals surface area contributed by atoms with Gasteiger partial charge in [0.25, 0.3) is 0 Å². The van der Waals surface area contributed by atoms with Gasteiger partial charge >= 0.3 is 5.97 Å². The number of unbranched alkanes of at least 4 members (excludes halogenated alkanes) is 3. The van der Waals surface area contributed by atoms with E-state index in [0.29, 0.717) is 6.61 Å². The normalized spacial score (nSPS) is 13.5. The molecule has 0 aliphatic carbocycles. The highest BCUT2D eigenvalue weighted by Crippen LogP contribution is 2.25. The Morgan fingerprint density at radius 3 is 2.41 bits per heavy atom. The average molecular weight is 244 g/mol. The zero-order valence-electron chi connectivity index (χ0n) is 12.0. The predicted octanol–water partition coefficient (Wildman–Crippen LogP) is 3.56. The number of methoxy groups -OCH3 is 1. The molecule has 0 bridgehead atoms. The lowest BCUT2D eigenvalue weighted by Crippen LogP contribution is -2.29. The summed E-state index contributed by atoms with van der Waals surface area (Å²) in [6.45, 7) is 8.33. The van der Waals surface area contributed by atoms with Crippen molar-refractivity contribution in [3.63, 3.8) is 0 Å². The van der Waals surface area contributed by atoms with E-state index in [1.54, 1.807) is 7.11 Å². The highest BCUT2D eigenvalue weighted by atomic mass is 16.6. The molecule has 0 aliphatic heterocycles. The lowest BCUT2D eigenvalue weighted by atomic mass is 9.87. The topological polar surface area (TPSA) is 35.5 Å². The minimum absolute atomic E-state index is 0.0326. The van der Waals surface area contributed by atoms with Gasteiger partial charge in [-0.2, -0.15) is 0 Å². The SMILES string of the molecule is CCCCCCC(C)(C)C(=O)OCC(C)OC. The molecule has 0 saturated heterocycles. The highest BCUT2D eigenvalue weighted by Gasteiger charge is 2.28. The van der Waals surface area contributed by atoms with Crippen LogP contribution in [-0.2, 0) is 14.3 Å². The summed E-state index contributed by atoms with van der Waals surface area (Å²) in [6.07, 6.45) is 5.61.